The molecule has 0 aromatic carbocycles. The number of pyridine rings is 1. The molecule has 3 rings (SSSR count). The zero-order valence-corrected chi connectivity index (χ0v) is 22.8. The molecule has 180 valence electrons. The van der Waals surface area contributed by atoms with Crippen LogP contribution >= 0.6 is 0 Å². The van der Waals surface area contributed by atoms with Gasteiger partial charge in [-0.15, -0.1) is 5.54 Å². The van der Waals surface area contributed by atoms with Crippen molar-refractivity contribution in [1.29, 1.82) is 0 Å². The van der Waals surface area contributed by atoms with E-state index in [1.165, 1.54) is 6.20 Å². The van der Waals surface area contributed by atoms with Crippen LogP contribution in [0.25, 0.3) is 11.0 Å². The van der Waals surface area contributed by atoms with E-state index in [-0.39, 0.29) is 16.8 Å². The molecule has 0 unspecified atom stereocenters. The highest BCUT2D eigenvalue weighted by atomic mass is 32.2. The minimum atomic E-state index is -3.60. The van der Waals surface area contributed by atoms with Crippen LogP contribution in [0.3, 0.4) is 0 Å². The first-order valence-corrected chi connectivity index (χ1v) is 16.2. The van der Waals surface area contributed by atoms with E-state index < -0.39 is 17.9 Å². The van der Waals surface area contributed by atoms with Gasteiger partial charge < -0.3 is 0 Å². The van der Waals surface area contributed by atoms with Gasteiger partial charge in [-0.05, 0) is 29.5 Å². The second-order valence-corrected chi connectivity index (χ2v) is 17.9. The normalized spacial score (nSPS) is 15.9. The van der Waals surface area contributed by atoms with Crippen molar-refractivity contribution in [1.82, 2.24) is 14.5 Å². The molecular formula is C25H37N3O3SSi. The molecule has 0 saturated heterocycles. The molecule has 1 aliphatic rings. The molecule has 1 saturated carbocycles. The number of sulfone groups is 1. The summed E-state index contributed by atoms with van der Waals surface area (Å²) in [6.45, 7) is 13.5. The van der Waals surface area contributed by atoms with Gasteiger partial charge in [0.05, 0.1) is 5.39 Å². The van der Waals surface area contributed by atoms with Gasteiger partial charge in [-0.2, -0.15) is 4.98 Å². The monoisotopic (exact) mass is 487 g/mol. The molecule has 1 fully saturated rings. The fourth-order valence-corrected chi connectivity index (χ4v) is 11.4. The lowest BCUT2D eigenvalue weighted by Crippen LogP contribution is -2.43. The van der Waals surface area contributed by atoms with Crippen molar-refractivity contribution in [3.05, 3.63) is 28.2 Å². The maximum absolute atomic E-state index is 13.3. The van der Waals surface area contributed by atoms with Crippen molar-refractivity contribution in [2.45, 2.75) is 101 Å². The van der Waals surface area contributed by atoms with Gasteiger partial charge in [-0.25, -0.2) is 13.4 Å². The number of rotatable bonds is 5. The second-order valence-electron chi connectivity index (χ2n) is 10.4. The number of nitrogens with zero attached hydrogens (tertiary/aromatic N) is 3. The summed E-state index contributed by atoms with van der Waals surface area (Å²) in [6, 6.07) is 1.63. The van der Waals surface area contributed by atoms with Crippen LogP contribution in [-0.2, 0) is 9.84 Å². The second kappa shape index (κ2) is 9.71. The van der Waals surface area contributed by atoms with Crippen LogP contribution in [0.15, 0.2) is 22.2 Å². The fraction of sp³-hybridized carbons (Fsp3) is 0.640. The maximum atomic E-state index is 13.3. The Morgan fingerprint density at radius 1 is 1.03 bits per heavy atom. The molecule has 0 amide bonds. The Labute approximate surface area is 199 Å². The van der Waals surface area contributed by atoms with Crippen LogP contribution in [0.5, 0.6) is 0 Å². The third-order valence-corrected chi connectivity index (χ3v) is 14.5. The van der Waals surface area contributed by atoms with Gasteiger partial charge >= 0.3 is 0 Å². The summed E-state index contributed by atoms with van der Waals surface area (Å²) >= 11 is 0. The standard InChI is InChI=1S/C25H37N3O3SSi/c1-17(2)33(18(3)4,19(5)6)14-13-20-15-23(29)28(21-11-9-8-10-12-21)24-22(20)16-26-25(27-24)32(7,30)31/h15-19,21H,8-12H2,1-7H3. The highest BCUT2D eigenvalue weighted by molar-refractivity contribution is 7.90. The molecule has 0 aliphatic heterocycles. The lowest BCUT2D eigenvalue weighted by Gasteiger charge is -2.38. The Morgan fingerprint density at radius 2 is 1.61 bits per heavy atom. The summed E-state index contributed by atoms with van der Waals surface area (Å²) < 4.78 is 26.1. The zero-order chi connectivity index (χ0) is 24.6. The van der Waals surface area contributed by atoms with Crippen LogP contribution in [0.4, 0.5) is 0 Å². The molecule has 33 heavy (non-hydrogen) atoms. The Bertz CT molecular complexity index is 1230. The van der Waals surface area contributed by atoms with E-state index in [9.17, 15) is 13.2 Å². The van der Waals surface area contributed by atoms with Crippen LogP contribution in [0.2, 0.25) is 16.6 Å². The van der Waals surface area contributed by atoms with Gasteiger partial charge in [-0.3, -0.25) is 9.36 Å². The first kappa shape index (κ1) is 25.6. The average molecular weight is 488 g/mol. The average Bonchev–Trinajstić information content (AvgIpc) is 2.73. The third kappa shape index (κ3) is 4.95. The van der Waals surface area contributed by atoms with Crippen molar-refractivity contribution < 1.29 is 8.42 Å². The van der Waals surface area contributed by atoms with Gasteiger partial charge in [0, 0.05) is 30.1 Å². The van der Waals surface area contributed by atoms with E-state index in [4.69, 9.17) is 0 Å². The van der Waals surface area contributed by atoms with E-state index in [1.54, 1.807) is 10.6 Å². The van der Waals surface area contributed by atoms with Crippen LogP contribution in [-0.4, -0.2) is 37.3 Å². The first-order valence-electron chi connectivity index (χ1n) is 12.0. The van der Waals surface area contributed by atoms with E-state index in [2.05, 4.69) is 63.0 Å². The highest BCUT2D eigenvalue weighted by Gasteiger charge is 2.41. The van der Waals surface area contributed by atoms with Gasteiger partial charge in [0.2, 0.25) is 15.0 Å². The number of aromatic nitrogens is 3. The van der Waals surface area contributed by atoms with Crippen LogP contribution in [0, 0.1) is 11.5 Å². The van der Waals surface area contributed by atoms with Crippen LogP contribution < -0.4 is 5.56 Å². The number of hydrogen-bond acceptors (Lipinski definition) is 5. The molecule has 2 heterocycles. The molecule has 1 aliphatic carbocycles. The lowest BCUT2D eigenvalue weighted by atomic mass is 9.95. The van der Waals surface area contributed by atoms with Crippen LogP contribution in [0.1, 0.15) is 85.3 Å². The summed E-state index contributed by atoms with van der Waals surface area (Å²) in [6.07, 6.45) is 7.66. The van der Waals surface area contributed by atoms with E-state index in [0.29, 0.717) is 33.2 Å². The van der Waals surface area contributed by atoms with Crippen molar-refractivity contribution in [3.63, 3.8) is 0 Å². The summed E-state index contributed by atoms with van der Waals surface area (Å²) in [5, 5.41) is 0.401. The Morgan fingerprint density at radius 3 is 2.12 bits per heavy atom. The summed E-state index contributed by atoms with van der Waals surface area (Å²) in [7, 11) is -5.61. The van der Waals surface area contributed by atoms with Gasteiger partial charge in [0.1, 0.15) is 13.7 Å². The van der Waals surface area contributed by atoms with Crippen molar-refractivity contribution in [3.8, 4) is 11.5 Å². The number of fused-ring (bicyclic) bond motifs is 1. The van der Waals surface area contributed by atoms with E-state index >= 15 is 0 Å². The minimum absolute atomic E-state index is 0.0218. The number of hydrogen-bond donors (Lipinski definition) is 0. The van der Waals surface area contributed by atoms with Gasteiger partial charge in [0.15, 0.2) is 0 Å². The van der Waals surface area contributed by atoms with E-state index in [1.807, 2.05) is 0 Å². The van der Waals surface area contributed by atoms with Crippen molar-refractivity contribution in [2.75, 3.05) is 6.26 Å². The predicted octanol–water partition coefficient (Wildman–Crippen LogP) is 5.27. The molecule has 2 aromatic rings. The minimum Gasteiger partial charge on any atom is -0.289 e. The Hall–Kier alpha value is -1.98. The first-order chi connectivity index (χ1) is 15.4. The maximum Gasteiger partial charge on any atom is 0.253 e. The molecular weight excluding hydrogens is 450 g/mol. The lowest BCUT2D eigenvalue weighted by molar-refractivity contribution is 0.352. The molecule has 0 atom stereocenters. The molecule has 2 aromatic heterocycles. The summed E-state index contributed by atoms with van der Waals surface area (Å²) in [4.78, 5) is 21.9. The quantitative estimate of drug-likeness (QED) is 0.326. The largest absolute Gasteiger partial charge is 0.289 e. The SMILES string of the molecule is CC(C)[Si](C#Cc1cc(=O)n(C2CCCCC2)c2nc(S(C)(=O)=O)ncc12)(C(C)C)C(C)C. The highest BCUT2D eigenvalue weighted by Crippen LogP contribution is 2.41. The molecule has 0 spiro atoms. The molecule has 8 heteroatoms. The van der Waals surface area contributed by atoms with Crippen molar-refractivity contribution >= 4 is 28.9 Å². The van der Waals surface area contributed by atoms with E-state index in [0.717, 1.165) is 38.4 Å². The Balaban J connectivity index is 2.31. The van der Waals surface area contributed by atoms with Gasteiger partial charge in [0.25, 0.3) is 5.56 Å². The topological polar surface area (TPSA) is 81.9 Å². The Kier molecular flexibility index (Phi) is 7.54. The fourth-order valence-electron chi connectivity index (χ4n) is 5.69. The summed E-state index contributed by atoms with van der Waals surface area (Å²) in [5.41, 5.74) is 5.90. The smallest absolute Gasteiger partial charge is 0.253 e. The third-order valence-electron chi connectivity index (χ3n) is 7.32. The van der Waals surface area contributed by atoms with Crippen molar-refractivity contribution in [2.24, 2.45) is 0 Å². The molecule has 6 nitrogen and oxygen atoms in total. The molecule has 0 radical (unpaired) electrons. The summed E-state index contributed by atoms with van der Waals surface area (Å²) in [5.74, 6) is 3.37. The molecule has 0 N–H and O–H groups in total. The predicted molar refractivity (Wildman–Crippen MR) is 137 cm³/mol. The van der Waals surface area contributed by atoms with Gasteiger partial charge in [-0.1, -0.05) is 66.7 Å². The zero-order valence-electron chi connectivity index (χ0n) is 21.0. The molecule has 0 bridgehead atoms.